The molecule has 0 amide bonds. The fourth-order valence-electron chi connectivity index (χ4n) is 3.29. The molecule has 1 heterocycles. The summed E-state index contributed by atoms with van der Waals surface area (Å²) in [5.41, 5.74) is 1.63. The van der Waals surface area contributed by atoms with Crippen LogP contribution < -0.4 is 10.6 Å². The van der Waals surface area contributed by atoms with Crippen LogP contribution in [-0.2, 0) is 9.30 Å². The molecular formula is C23H22N3O2P. The first-order valence-electron chi connectivity index (χ1n) is 9.56. The molecule has 0 aliphatic rings. The highest BCUT2D eigenvalue weighted by Crippen LogP contribution is 2.43. The zero-order valence-corrected chi connectivity index (χ0v) is 17.1. The molecule has 0 aliphatic carbocycles. The molecule has 4 rings (SSSR count). The summed E-state index contributed by atoms with van der Waals surface area (Å²) in [5.74, 6) is 0.535. The second kappa shape index (κ2) is 8.46. The number of benzene rings is 3. The van der Waals surface area contributed by atoms with Crippen LogP contribution in [0.25, 0.3) is 16.9 Å². The highest BCUT2D eigenvalue weighted by molar-refractivity contribution is 7.78. The van der Waals surface area contributed by atoms with Crippen molar-refractivity contribution in [2.75, 3.05) is 12.8 Å². The molecule has 1 aromatic heterocycles. The molecule has 3 aromatic carbocycles. The van der Waals surface area contributed by atoms with Crippen LogP contribution in [0.4, 0.5) is 0 Å². The maximum absolute atomic E-state index is 14.2. The van der Waals surface area contributed by atoms with Gasteiger partial charge in [-0.1, -0.05) is 78.0 Å². The molecule has 4 aromatic rings. The Balaban J connectivity index is 1.78. The van der Waals surface area contributed by atoms with E-state index in [2.05, 4.69) is 10.3 Å². The molecule has 146 valence electrons. The van der Waals surface area contributed by atoms with Crippen LogP contribution >= 0.6 is 7.14 Å². The Labute approximate surface area is 170 Å². The van der Waals surface area contributed by atoms with E-state index in [1.807, 2.05) is 97.9 Å². The van der Waals surface area contributed by atoms with E-state index in [4.69, 9.17) is 4.74 Å². The minimum absolute atomic E-state index is 0.324. The van der Waals surface area contributed by atoms with Gasteiger partial charge >= 0.3 is 0 Å². The quantitative estimate of drug-likeness (QED) is 0.341. The van der Waals surface area contributed by atoms with E-state index in [1.54, 1.807) is 4.68 Å². The predicted octanol–water partition coefficient (Wildman–Crippen LogP) is 4.28. The van der Waals surface area contributed by atoms with E-state index in [0.29, 0.717) is 18.7 Å². The van der Waals surface area contributed by atoms with Crippen molar-refractivity contribution >= 4 is 34.7 Å². The maximum atomic E-state index is 14.2. The van der Waals surface area contributed by atoms with E-state index in [-0.39, 0.29) is 0 Å². The van der Waals surface area contributed by atoms with Gasteiger partial charge in [0.05, 0.1) is 12.1 Å². The van der Waals surface area contributed by atoms with Crippen LogP contribution in [-0.4, -0.2) is 27.8 Å². The molecular weight excluding hydrogens is 381 g/mol. The van der Waals surface area contributed by atoms with Crippen molar-refractivity contribution in [3.63, 3.8) is 0 Å². The third-order valence-corrected chi connectivity index (χ3v) is 7.68. The summed E-state index contributed by atoms with van der Waals surface area (Å²) in [7, 11) is -2.88. The van der Waals surface area contributed by atoms with E-state index >= 15 is 0 Å². The standard InChI is InChI=1S/C23H22N3O2P/c1-2-28-23(26-22-16-10-9-15-21(22)24-25-26)17-18-29(27,19-11-5-3-6-12-19)20-13-7-4-8-14-20/h3-17H,2,18H2,1H3. The van der Waals surface area contributed by atoms with E-state index in [1.165, 1.54) is 0 Å². The van der Waals surface area contributed by atoms with Gasteiger partial charge in [0.25, 0.3) is 0 Å². The van der Waals surface area contributed by atoms with Gasteiger partial charge in [-0.15, -0.1) is 5.10 Å². The van der Waals surface area contributed by atoms with Crippen LogP contribution in [0.5, 0.6) is 0 Å². The largest absolute Gasteiger partial charge is 0.478 e. The van der Waals surface area contributed by atoms with Crippen molar-refractivity contribution in [1.29, 1.82) is 0 Å². The van der Waals surface area contributed by atoms with Crippen molar-refractivity contribution in [3.05, 3.63) is 91.0 Å². The summed E-state index contributed by atoms with van der Waals surface area (Å²) in [6.45, 7) is 2.39. The molecule has 0 fully saturated rings. The average Bonchev–Trinajstić information content (AvgIpc) is 3.22. The van der Waals surface area contributed by atoms with Gasteiger partial charge in [-0.05, 0) is 25.1 Å². The van der Waals surface area contributed by atoms with Gasteiger partial charge in [0.15, 0.2) is 0 Å². The molecule has 0 spiro atoms. The first kappa shape index (κ1) is 19.2. The molecule has 0 aliphatic heterocycles. The lowest BCUT2D eigenvalue weighted by atomic mass is 10.3. The number of ether oxygens (including phenoxy) is 1. The predicted molar refractivity (Wildman–Crippen MR) is 118 cm³/mol. The smallest absolute Gasteiger partial charge is 0.212 e. The minimum Gasteiger partial charge on any atom is -0.478 e. The molecule has 29 heavy (non-hydrogen) atoms. The van der Waals surface area contributed by atoms with Gasteiger partial charge in [0.2, 0.25) is 5.88 Å². The lowest BCUT2D eigenvalue weighted by Gasteiger charge is -2.18. The SMILES string of the molecule is CCOC(=CCP(=O)(c1ccccc1)c1ccccc1)n1nnc2ccccc21. The third kappa shape index (κ3) is 3.87. The summed E-state index contributed by atoms with van der Waals surface area (Å²) in [4.78, 5) is 0. The number of rotatable bonds is 7. The van der Waals surface area contributed by atoms with Crippen LogP contribution in [0, 0.1) is 0 Å². The Kier molecular flexibility index (Phi) is 5.59. The Bertz CT molecular complexity index is 1130. The lowest BCUT2D eigenvalue weighted by Crippen LogP contribution is -2.18. The first-order valence-corrected chi connectivity index (χ1v) is 11.5. The monoisotopic (exact) mass is 403 g/mol. The lowest BCUT2D eigenvalue weighted by molar-refractivity contribution is 0.272. The molecule has 0 radical (unpaired) electrons. The van der Waals surface area contributed by atoms with Crippen LogP contribution in [0.1, 0.15) is 6.92 Å². The topological polar surface area (TPSA) is 57.0 Å². The van der Waals surface area contributed by atoms with Crippen LogP contribution in [0.2, 0.25) is 0 Å². The van der Waals surface area contributed by atoms with Crippen molar-refractivity contribution < 1.29 is 9.30 Å². The molecule has 0 N–H and O–H groups in total. The van der Waals surface area contributed by atoms with Gasteiger partial charge < -0.3 is 9.30 Å². The summed E-state index contributed by atoms with van der Waals surface area (Å²) in [5, 5.41) is 10.1. The molecule has 0 saturated heterocycles. The second-order valence-electron chi connectivity index (χ2n) is 6.56. The average molecular weight is 403 g/mol. The number of fused-ring (bicyclic) bond motifs is 1. The van der Waals surface area contributed by atoms with Crippen molar-refractivity contribution in [3.8, 4) is 0 Å². The summed E-state index contributed by atoms with van der Waals surface area (Å²) in [6.07, 6.45) is 2.19. The number of nitrogens with zero attached hydrogens (tertiary/aromatic N) is 3. The van der Waals surface area contributed by atoms with Crippen molar-refractivity contribution in [1.82, 2.24) is 15.0 Å². The molecule has 6 heteroatoms. The minimum atomic E-state index is -2.88. The number of para-hydroxylation sites is 1. The molecule has 0 bridgehead atoms. The van der Waals surface area contributed by atoms with Crippen molar-refractivity contribution in [2.24, 2.45) is 0 Å². The number of aromatic nitrogens is 3. The fraction of sp³-hybridized carbons (Fsp3) is 0.130. The molecule has 5 nitrogen and oxygen atoms in total. The van der Waals surface area contributed by atoms with Gasteiger partial charge in [-0.25, -0.2) is 0 Å². The number of hydrogen-bond acceptors (Lipinski definition) is 4. The highest BCUT2D eigenvalue weighted by atomic mass is 31.2. The normalized spacial score (nSPS) is 12.2. The number of allylic oxidation sites excluding steroid dienone is 1. The summed E-state index contributed by atoms with van der Waals surface area (Å²) < 4.78 is 21.7. The van der Waals surface area contributed by atoms with Gasteiger partial charge in [-0.2, -0.15) is 4.68 Å². The Morgan fingerprint density at radius 2 is 1.52 bits per heavy atom. The van der Waals surface area contributed by atoms with Crippen LogP contribution in [0.15, 0.2) is 91.0 Å². The van der Waals surface area contributed by atoms with Crippen LogP contribution in [0.3, 0.4) is 0 Å². The number of hydrogen-bond donors (Lipinski definition) is 0. The molecule has 0 saturated carbocycles. The fourth-order valence-corrected chi connectivity index (χ4v) is 5.73. The second-order valence-corrected chi connectivity index (χ2v) is 9.44. The van der Waals surface area contributed by atoms with E-state index in [0.717, 1.165) is 21.6 Å². The van der Waals surface area contributed by atoms with Gasteiger partial charge in [0, 0.05) is 16.8 Å². The zero-order valence-electron chi connectivity index (χ0n) is 16.2. The Morgan fingerprint density at radius 3 is 2.14 bits per heavy atom. The Morgan fingerprint density at radius 1 is 0.931 bits per heavy atom. The van der Waals surface area contributed by atoms with Gasteiger partial charge in [-0.3, -0.25) is 0 Å². The molecule has 0 atom stereocenters. The van der Waals surface area contributed by atoms with Crippen molar-refractivity contribution in [2.45, 2.75) is 6.92 Å². The highest BCUT2D eigenvalue weighted by Gasteiger charge is 2.26. The van der Waals surface area contributed by atoms with E-state index < -0.39 is 7.14 Å². The zero-order chi connectivity index (χ0) is 20.1. The maximum Gasteiger partial charge on any atom is 0.212 e. The first-order chi connectivity index (χ1) is 14.2. The Hall–Kier alpha value is -3.17. The third-order valence-electron chi connectivity index (χ3n) is 4.72. The summed E-state index contributed by atoms with van der Waals surface area (Å²) in [6, 6.07) is 26.9. The van der Waals surface area contributed by atoms with E-state index in [9.17, 15) is 4.57 Å². The summed E-state index contributed by atoms with van der Waals surface area (Å²) >= 11 is 0. The molecule has 0 unspecified atom stereocenters. The van der Waals surface area contributed by atoms with Gasteiger partial charge in [0.1, 0.15) is 12.7 Å².